The Bertz CT molecular complexity index is 339. The first-order valence-corrected chi connectivity index (χ1v) is 7.23. The van der Waals surface area contributed by atoms with Crippen LogP contribution in [0.1, 0.15) is 46.9 Å². The molecule has 1 heterocycles. The minimum Gasteiger partial charge on any atom is -0.250 e. The van der Waals surface area contributed by atoms with Crippen LogP contribution in [-0.2, 0) is 13.0 Å². The van der Waals surface area contributed by atoms with Crippen LogP contribution in [0.3, 0.4) is 0 Å². The zero-order valence-corrected chi connectivity index (χ0v) is 13.2. The summed E-state index contributed by atoms with van der Waals surface area (Å²) in [6, 6.07) is 0. The number of aromatic nitrogens is 3. The molecule has 0 amide bonds. The lowest BCUT2D eigenvalue weighted by Gasteiger charge is -2.25. The number of hydrogen-bond donors (Lipinski definition) is 0. The monoisotopic (exact) mass is 301 g/mol. The van der Waals surface area contributed by atoms with Crippen molar-refractivity contribution in [2.75, 3.05) is 0 Å². The van der Waals surface area contributed by atoms with Gasteiger partial charge in [0.1, 0.15) is 12.2 Å². The van der Waals surface area contributed by atoms with E-state index < -0.39 is 0 Å². The van der Waals surface area contributed by atoms with Gasteiger partial charge in [-0.25, -0.2) is 9.67 Å². The number of hydrogen-bond acceptors (Lipinski definition) is 2. The van der Waals surface area contributed by atoms with Gasteiger partial charge in [-0.2, -0.15) is 5.10 Å². The van der Waals surface area contributed by atoms with Gasteiger partial charge in [-0.1, -0.05) is 50.5 Å². The van der Waals surface area contributed by atoms with Crippen molar-refractivity contribution in [1.29, 1.82) is 0 Å². The zero-order valence-electron chi connectivity index (χ0n) is 11.6. The van der Waals surface area contributed by atoms with Gasteiger partial charge in [-0.3, -0.25) is 0 Å². The summed E-state index contributed by atoms with van der Waals surface area (Å²) in [6.07, 6.45) is 3.75. The van der Waals surface area contributed by atoms with Crippen molar-refractivity contribution in [3.05, 3.63) is 12.2 Å². The van der Waals surface area contributed by atoms with Crippen LogP contribution in [0, 0.1) is 11.3 Å². The lowest BCUT2D eigenvalue weighted by molar-refractivity contribution is 0.379. The van der Waals surface area contributed by atoms with Gasteiger partial charge >= 0.3 is 0 Å². The minimum atomic E-state index is 0.295. The van der Waals surface area contributed by atoms with Gasteiger partial charge in [-0.15, -0.1) is 0 Å². The van der Waals surface area contributed by atoms with E-state index in [0.717, 1.165) is 25.2 Å². The smallest absolute Gasteiger partial charge is 0.138 e. The number of rotatable bonds is 5. The predicted molar refractivity (Wildman–Crippen MR) is 75.4 cm³/mol. The molecule has 1 atom stereocenters. The van der Waals surface area contributed by atoms with Crippen LogP contribution in [0.15, 0.2) is 6.33 Å². The Morgan fingerprint density at radius 2 is 2.00 bits per heavy atom. The summed E-state index contributed by atoms with van der Waals surface area (Å²) in [4.78, 5) is 4.87. The van der Waals surface area contributed by atoms with Gasteiger partial charge in [0.25, 0.3) is 0 Å². The molecular formula is C13H24BrN3. The molecule has 1 unspecified atom stereocenters. The summed E-state index contributed by atoms with van der Waals surface area (Å²) >= 11 is 3.76. The molecule has 0 aliphatic heterocycles. The lowest BCUT2D eigenvalue weighted by Crippen LogP contribution is -2.21. The first-order valence-electron chi connectivity index (χ1n) is 6.31. The molecule has 0 fully saturated rings. The highest BCUT2D eigenvalue weighted by Gasteiger charge is 2.22. The highest BCUT2D eigenvalue weighted by molar-refractivity contribution is 9.09. The van der Waals surface area contributed by atoms with Crippen molar-refractivity contribution in [2.24, 2.45) is 11.3 Å². The van der Waals surface area contributed by atoms with Crippen LogP contribution in [-0.4, -0.2) is 19.6 Å². The number of nitrogens with zero attached hydrogens (tertiary/aromatic N) is 3. The summed E-state index contributed by atoms with van der Waals surface area (Å²) in [5.74, 6) is 1.71. The Hall–Kier alpha value is -0.380. The van der Waals surface area contributed by atoms with Gasteiger partial charge in [0.2, 0.25) is 0 Å². The topological polar surface area (TPSA) is 30.7 Å². The fourth-order valence-electron chi connectivity index (χ4n) is 1.67. The van der Waals surface area contributed by atoms with Crippen LogP contribution < -0.4 is 0 Å². The normalized spacial score (nSPS) is 14.3. The van der Waals surface area contributed by atoms with Crippen molar-refractivity contribution >= 4 is 15.9 Å². The molecular weight excluding hydrogens is 278 g/mol. The summed E-state index contributed by atoms with van der Waals surface area (Å²) in [5.41, 5.74) is 0.295. The summed E-state index contributed by atoms with van der Waals surface area (Å²) in [5, 5.41) is 4.29. The molecule has 0 bridgehead atoms. The molecule has 17 heavy (non-hydrogen) atoms. The van der Waals surface area contributed by atoms with Gasteiger partial charge in [-0.05, 0) is 17.8 Å². The van der Waals surface area contributed by atoms with Gasteiger partial charge in [0.05, 0.1) is 0 Å². The number of halogens is 1. The SMILES string of the molecule is CC(C)Cn1ncnc1CCC(Br)C(C)(C)C. The van der Waals surface area contributed by atoms with Gasteiger partial charge in [0, 0.05) is 17.8 Å². The van der Waals surface area contributed by atoms with E-state index in [1.165, 1.54) is 0 Å². The van der Waals surface area contributed by atoms with E-state index in [1.54, 1.807) is 6.33 Å². The largest absolute Gasteiger partial charge is 0.250 e. The molecule has 0 saturated heterocycles. The Morgan fingerprint density at radius 3 is 2.53 bits per heavy atom. The molecule has 1 rings (SSSR count). The second-order valence-corrected chi connectivity index (χ2v) is 7.23. The van der Waals surface area contributed by atoms with Crippen LogP contribution in [0.5, 0.6) is 0 Å². The van der Waals surface area contributed by atoms with E-state index in [2.05, 4.69) is 60.6 Å². The van der Waals surface area contributed by atoms with Crippen molar-refractivity contribution in [3.8, 4) is 0 Å². The molecule has 0 radical (unpaired) electrons. The van der Waals surface area contributed by atoms with Gasteiger partial charge in [0.15, 0.2) is 0 Å². The number of aryl methyl sites for hydroxylation is 1. The molecule has 0 aliphatic rings. The second-order valence-electron chi connectivity index (χ2n) is 6.12. The van der Waals surface area contributed by atoms with E-state index in [-0.39, 0.29) is 0 Å². The quantitative estimate of drug-likeness (QED) is 0.777. The molecule has 0 saturated carbocycles. The maximum Gasteiger partial charge on any atom is 0.138 e. The standard InChI is InChI=1S/C13H24BrN3/c1-10(2)8-17-12(15-9-16-17)7-6-11(14)13(3,4)5/h9-11H,6-8H2,1-5H3. The van der Waals surface area contributed by atoms with E-state index in [1.807, 2.05) is 4.68 Å². The maximum atomic E-state index is 4.35. The third-order valence-electron chi connectivity index (χ3n) is 2.79. The average Bonchev–Trinajstić information content (AvgIpc) is 2.59. The highest BCUT2D eigenvalue weighted by atomic mass is 79.9. The van der Waals surface area contributed by atoms with E-state index >= 15 is 0 Å². The maximum absolute atomic E-state index is 4.35. The molecule has 0 N–H and O–H groups in total. The highest BCUT2D eigenvalue weighted by Crippen LogP contribution is 2.29. The minimum absolute atomic E-state index is 0.295. The molecule has 1 aromatic heterocycles. The summed E-state index contributed by atoms with van der Waals surface area (Å²) in [7, 11) is 0. The Morgan fingerprint density at radius 1 is 1.35 bits per heavy atom. The predicted octanol–water partition coefficient (Wildman–Crippen LogP) is 3.68. The Balaban J connectivity index is 2.55. The van der Waals surface area contributed by atoms with Crippen molar-refractivity contribution in [1.82, 2.24) is 14.8 Å². The summed E-state index contributed by atoms with van der Waals surface area (Å²) in [6.45, 7) is 12.1. The molecule has 98 valence electrons. The second kappa shape index (κ2) is 5.98. The lowest BCUT2D eigenvalue weighted by atomic mass is 9.89. The van der Waals surface area contributed by atoms with E-state index in [9.17, 15) is 0 Å². The molecule has 0 aliphatic carbocycles. The third kappa shape index (κ3) is 4.78. The van der Waals surface area contributed by atoms with E-state index in [4.69, 9.17) is 0 Å². The van der Waals surface area contributed by atoms with Crippen LogP contribution in [0.4, 0.5) is 0 Å². The first-order chi connectivity index (χ1) is 7.80. The van der Waals surface area contributed by atoms with Gasteiger partial charge < -0.3 is 0 Å². The number of alkyl halides is 1. The third-order valence-corrected chi connectivity index (χ3v) is 4.63. The first kappa shape index (κ1) is 14.7. The van der Waals surface area contributed by atoms with Crippen LogP contribution in [0.25, 0.3) is 0 Å². The fraction of sp³-hybridized carbons (Fsp3) is 0.846. The van der Waals surface area contributed by atoms with Crippen molar-refractivity contribution in [2.45, 2.75) is 58.8 Å². The van der Waals surface area contributed by atoms with Crippen molar-refractivity contribution < 1.29 is 0 Å². The van der Waals surface area contributed by atoms with E-state index in [0.29, 0.717) is 16.2 Å². The Kier molecular flexibility index (Phi) is 5.17. The molecule has 1 aromatic rings. The fourth-order valence-corrected chi connectivity index (χ4v) is 1.90. The van der Waals surface area contributed by atoms with Crippen LogP contribution >= 0.6 is 15.9 Å². The molecule has 0 spiro atoms. The average molecular weight is 302 g/mol. The molecule has 4 heteroatoms. The summed E-state index contributed by atoms with van der Waals surface area (Å²) < 4.78 is 2.03. The van der Waals surface area contributed by atoms with Crippen molar-refractivity contribution in [3.63, 3.8) is 0 Å². The van der Waals surface area contributed by atoms with Crippen LogP contribution in [0.2, 0.25) is 0 Å². The molecule has 3 nitrogen and oxygen atoms in total. The zero-order chi connectivity index (χ0) is 13.1. The Labute approximate surface area is 113 Å². The molecule has 0 aromatic carbocycles.